The van der Waals surface area contributed by atoms with Crippen molar-refractivity contribution in [2.75, 3.05) is 13.2 Å². The van der Waals surface area contributed by atoms with E-state index in [1.165, 1.54) is 33.5 Å². The lowest BCUT2D eigenvalue weighted by molar-refractivity contribution is 0.0516. The number of hydrogen-bond acceptors (Lipinski definition) is 9. The molecule has 1 N–H and O–H groups in total. The number of carbonyl (C=O) groups excluding carboxylic acids is 2. The van der Waals surface area contributed by atoms with Gasteiger partial charge in [-0.15, -0.1) is 22.7 Å². The van der Waals surface area contributed by atoms with Gasteiger partial charge in [-0.2, -0.15) is 0 Å². The number of fused-ring (bicyclic) bond motifs is 3. The fraction of sp³-hybridized carbons (Fsp3) is 0.394. The molecular weight excluding hydrogens is 585 g/mol. The van der Waals surface area contributed by atoms with Gasteiger partial charge < -0.3 is 14.6 Å². The quantitative estimate of drug-likeness (QED) is 0.178. The molecule has 0 aliphatic heterocycles. The zero-order chi connectivity index (χ0) is 30.2. The van der Waals surface area contributed by atoms with Crippen molar-refractivity contribution in [2.24, 2.45) is 10.9 Å². The van der Waals surface area contributed by atoms with Gasteiger partial charge >= 0.3 is 11.9 Å². The number of esters is 2. The Labute approximate surface area is 257 Å². The van der Waals surface area contributed by atoms with E-state index in [9.17, 15) is 19.5 Å². The SMILES string of the molecule is CCOC(=O)c1c(N=Cc2c(O)n(-c3sc4c(c3C(=O)OCC)CCCC4)c(=O)c3ccccc23)sc2c1CCC(C)C2. The van der Waals surface area contributed by atoms with Gasteiger partial charge in [0.25, 0.3) is 5.56 Å². The average molecular weight is 619 g/mol. The lowest BCUT2D eigenvalue weighted by Crippen LogP contribution is -2.22. The van der Waals surface area contributed by atoms with Gasteiger partial charge in [0.1, 0.15) is 10.0 Å². The average Bonchev–Trinajstić information content (AvgIpc) is 3.55. The molecule has 0 amide bonds. The molecule has 0 spiro atoms. The van der Waals surface area contributed by atoms with Gasteiger partial charge in [-0.05, 0) is 81.9 Å². The van der Waals surface area contributed by atoms with Crippen molar-refractivity contribution in [2.45, 2.75) is 65.7 Å². The van der Waals surface area contributed by atoms with Gasteiger partial charge in [-0.25, -0.2) is 19.1 Å². The van der Waals surface area contributed by atoms with Crippen LogP contribution in [0.3, 0.4) is 0 Å². The third-order valence-electron chi connectivity index (χ3n) is 8.22. The number of aryl methyl sites for hydroxylation is 1. The molecule has 4 aromatic rings. The Hall–Kier alpha value is -3.76. The van der Waals surface area contributed by atoms with Gasteiger partial charge in [0.15, 0.2) is 0 Å². The van der Waals surface area contributed by atoms with E-state index in [1.54, 1.807) is 38.1 Å². The number of aromatic hydroxyl groups is 1. The van der Waals surface area contributed by atoms with Crippen molar-refractivity contribution in [3.63, 3.8) is 0 Å². The van der Waals surface area contributed by atoms with Crippen LogP contribution in [0, 0.1) is 5.92 Å². The van der Waals surface area contributed by atoms with Crippen LogP contribution in [-0.4, -0.2) is 41.0 Å². The number of aliphatic imine (C=N–C) groups is 1. The van der Waals surface area contributed by atoms with Crippen LogP contribution in [0.25, 0.3) is 15.8 Å². The maximum absolute atomic E-state index is 14.0. The first kappa shape index (κ1) is 29.3. The summed E-state index contributed by atoms with van der Waals surface area (Å²) in [5.74, 6) is -0.697. The Bertz CT molecular complexity index is 1830. The number of aromatic nitrogens is 1. The summed E-state index contributed by atoms with van der Waals surface area (Å²) in [6, 6.07) is 7.04. The van der Waals surface area contributed by atoms with Crippen LogP contribution in [0.1, 0.15) is 87.2 Å². The molecule has 224 valence electrons. The van der Waals surface area contributed by atoms with E-state index in [-0.39, 0.29) is 19.1 Å². The van der Waals surface area contributed by atoms with Crippen molar-refractivity contribution < 1.29 is 24.2 Å². The molecule has 0 radical (unpaired) electrons. The maximum Gasteiger partial charge on any atom is 0.341 e. The number of nitrogens with zero attached hydrogens (tertiary/aromatic N) is 2. The Balaban J connectivity index is 1.56. The predicted molar refractivity (Wildman–Crippen MR) is 170 cm³/mol. The molecule has 1 unspecified atom stereocenters. The minimum atomic E-state index is -0.496. The van der Waals surface area contributed by atoms with Crippen LogP contribution in [0.5, 0.6) is 5.88 Å². The molecule has 10 heteroatoms. The van der Waals surface area contributed by atoms with Crippen LogP contribution >= 0.6 is 22.7 Å². The van der Waals surface area contributed by atoms with E-state index in [0.29, 0.717) is 43.4 Å². The number of rotatable bonds is 7. The smallest absolute Gasteiger partial charge is 0.341 e. The molecular formula is C33H34N2O6S2. The minimum Gasteiger partial charge on any atom is -0.494 e. The summed E-state index contributed by atoms with van der Waals surface area (Å²) in [6.07, 6.45) is 7.64. The fourth-order valence-corrected chi connectivity index (χ4v) is 8.88. The normalized spacial score (nSPS) is 16.3. The van der Waals surface area contributed by atoms with Crippen molar-refractivity contribution in [1.82, 2.24) is 4.57 Å². The zero-order valence-corrected chi connectivity index (χ0v) is 26.2. The molecule has 1 aromatic carbocycles. The monoisotopic (exact) mass is 618 g/mol. The second kappa shape index (κ2) is 12.1. The summed E-state index contributed by atoms with van der Waals surface area (Å²) in [5.41, 5.74) is 2.63. The first-order valence-electron chi connectivity index (χ1n) is 14.9. The number of carbonyl (C=O) groups is 2. The van der Waals surface area contributed by atoms with Gasteiger partial charge in [0.05, 0.1) is 29.9 Å². The van der Waals surface area contributed by atoms with Crippen LogP contribution in [0.15, 0.2) is 34.1 Å². The highest BCUT2D eigenvalue weighted by Gasteiger charge is 2.31. The van der Waals surface area contributed by atoms with E-state index < -0.39 is 17.5 Å². The predicted octanol–water partition coefficient (Wildman–Crippen LogP) is 6.93. The van der Waals surface area contributed by atoms with Crippen LogP contribution < -0.4 is 5.56 Å². The Kier molecular flexibility index (Phi) is 8.24. The number of hydrogen-bond donors (Lipinski definition) is 1. The number of pyridine rings is 1. The van der Waals surface area contributed by atoms with Crippen LogP contribution in [-0.2, 0) is 35.2 Å². The molecule has 3 aromatic heterocycles. The van der Waals surface area contributed by atoms with E-state index in [1.807, 2.05) is 0 Å². The van der Waals surface area contributed by atoms with E-state index in [4.69, 9.17) is 14.5 Å². The summed E-state index contributed by atoms with van der Waals surface area (Å²) < 4.78 is 12.1. The van der Waals surface area contributed by atoms with Gasteiger partial charge in [0, 0.05) is 26.7 Å². The highest BCUT2D eigenvalue weighted by atomic mass is 32.1. The molecule has 8 nitrogen and oxygen atoms in total. The van der Waals surface area contributed by atoms with E-state index in [2.05, 4.69) is 6.92 Å². The van der Waals surface area contributed by atoms with Crippen molar-refractivity contribution >= 4 is 56.6 Å². The molecule has 3 heterocycles. The molecule has 43 heavy (non-hydrogen) atoms. The van der Waals surface area contributed by atoms with Gasteiger partial charge in [0.2, 0.25) is 5.88 Å². The van der Waals surface area contributed by atoms with Gasteiger partial charge in [-0.3, -0.25) is 4.79 Å². The summed E-state index contributed by atoms with van der Waals surface area (Å²) in [5, 5.41) is 13.6. The second-order valence-corrected chi connectivity index (χ2v) is 13.2. The lowest BCUT2D eigenvalue weighted by Gasteiger charge is -2.18. The van der Waals surface area contributed by atoms with Gasteiger partial charge in [-0.1, -0.05) is 25.1 Å². The summed E-state index contributed by atoms with van der Waals surface area (Å²) >= 11 is 2.83. The van der Waals surface area contributed by atoms with Crippen LogP contribution in [0.2, 0.25) is 0 Å². The summed E-state index contributed by atoms with van der Waals surface area (Å²) in [7, 11) is 0. The first-order valence-corrected chi connectivity index (χ1v) is 16.5. The zero-order valence-electron chi connectivity index (χ0n) is 24.5. The highest BCUT2D eigenvalue weighted by Crippen LogP contribution is 2.43. The number of benzene rings is 1. The molecule has 0 saturated carbocycles. The Morgan fingerprint density at radius 2 is 1.65 bits per heavy atom. The van der Waals surface area contributed by atoms with Crippen LogP contribution in [0.4, 0.5) is 5.00 Å². The largest absolute Gasteiger partial charge is 0.494 e. The molecule has 0 saturated heterocycles. The Morgan fingerprint density at radius 3 is 2.40 bits per heavy atom. The summed E-state index contributed by atoms with van der Waals surface area (Å²) in [4.78, 5) is 47.2. The molecule has 2 aliphatic rings. The molecule has 0 fully saturated rings. The Morgan fingerprint density at radius 1 is 0.977 bits per heavy atom. The first-order chi connectivity index (χ1) is 20.8. The molecule has 0 bridgehead atoms. The molecule has 1 atom stereocenters. The van der Waals surface area contributed by atoms with Crippen molar-refractivity contribution in [3.05, 3.63) is 72.2 Å². The van der Waals surface area contributed by atoms with E-state index in [0.717, 1.165) is 65.8 Å². The summed E-state index contributed by atoms with van der Waals surface area (Å²) in [6.45, 7) is 6.19. The number of ether oxygens (including phenoxy) is 2. The fourth-order valence-electron chi connectivity index (χ4n) is 6.16. The lowest BCUT2D eigenvalue weighted by atomic mass is 9.88. The molecule has 2 aliphatic carbocycles. The van der Waals surface area contributed by atoms with Crippen molar-refractivity contribution in [1.29, 1.82) is 0 Å². The standard InChI is InChI=1S/C33H34N2O6S2/c1-4-40-32(38)26-22-15-14-18(3)16-25(22)42-28(26)34-17-23-19-10-6-7-11-20(19)29(36)35(30(23)37)31-27(33(39)41-5-2)21-12-8-9-13-24(21)43-31/h6-7,10-11,17-18,37H,4-5,8-9,12-16H2,1-3H3. The second-order valence-electron chi connectivity index (χ2n) is 11.0. The highest BCUT2D eigenvalue weighted by molar-refractivity contribution is 7.16. The third-order valence-corrected chi connectivity index (χ3v) is 10.7. The number of thiophene rings is 2. The van der Waals surface area contributed by atoms with Crippen molar-refractivity contribution in [3.8, 4) is 10.9 Å². The third kappa shape index (κ3) is 5.20. The van der Waals surface area contributed by atoms with E-state index >= 15 is 0 Å². The molecule has 6 rings (SSSR count). The topological polar surface area (TPSA) is 107 Å². The maximum atomic E-state index is 14.0. The minimum absolute atomic E-state index is 0.200.